The number of benzene rings is 2. The van der Waals surface area contributed by atoms with E-state index in [9.17, 15) is 14.4 Å². The molecule has 200 valence electrons. The van der Waals surface area contributed by atoms with Crippen LogP contribution in [-0.4, -0.2) is 86.9 Å². The number of halogens is 1. The van der Waals surface area contributed by atoms with E-state index in [1.807, 2.05) is 0 Å². The van der Waals surface area contributed by atoms with Crippen molar-refractivity contribution in [2.24, 2.45) is 4.99 Å². The smallest absolute Gasteiger partial charge is 0.343 e. The number of likely N-dealkylation sites (N-methyl/N-ethyl adjacent to an activating group) is 1. The Hall–Kier alpha value is -3.35. The van der Waals surface area contributed by atoms with Gasteiger partial charge in [0.1, 0.15) is 0 Å². The molecular weight excluding hydrogens is 578 g/mol. The lowest BCUT2D eigenvalue weighted by molar-refractivity contribution is -0.143. The minimum atomic E-state index is -0.524. The first kappa shape index (κ1) is 27.7. The van der Waals surface area contributed by atoms with Crippen molar-refractivity contribution >= 4 is 62.4 Å². The summed E-state index contributed by atoms with van der Waals surface area (Å²) in [6.45, 7) is 1.89. The predicted molar refractivity (Wildman–Crippen MR) is 147 cm³/mol. The Labute approximate surface area is 232 Å². The van der Waals surface area contributed by atoms with E-state index < -0.39 is 5.97 Å². The van der Waals surface area contributed by atoms with Crippen LogP contribution < -0.4 is 9.47 Å². The Kier molecular flexibility index (Phi) is 9.08. The lowest BCUT2D eigenvalue weighted by Crippen LogP contribution is -2.40. The van der Waals surface area contributed by atoms with Gasteiger partial charge in [-0.05, 0) is 69.7 Å². The Morgan fingerprint density at radius 1 is 1.18 bits per heavy atom. The fourth-order valence-electron chi connectivity index (χ4n) is 3.72. The lowest BCUT2D eigenvalue weighted by Gasteiger charge is -2.26. The van der Waals surface area contributed by atoms with E-state index in [0.717, 1.165) is 0 Å². The topological polar surface area (TPSA) is 107 Å². The first-order chi connectivity index (χ1) is 18.3. The summed E-state index contributed by atoms with van der Waals surface area (Å²) in [5.41, 5.74) is 1.79. The minimum absolute atomic E-state index is 0.0713. The molecule has 0 saturated carbocycles. The van der Waals surface area contributed by atoms with Crippen LogP contribution in [0.2, 0.25) is 0 Å². The van der Waals surface area contributed by atoms with Crippen molar-refractivity contribution < 1.29 is 33.3 Å². The number of thioether (sulfide) groups is 1. The maximum Gasteiger partial charge on any atom is 0.343 e. The van der Waals surface area contributed by atoms with Gasteiger partial charge in [-0.15, -0.1) is 0 Å². The summed E-state index contributed by atoms with van der Waals surface area (Å²) in [5, 5.41) is 0.487. The van der Waals surface area contributed by atoms with Gasteiger partial charge in [-0.2, -0.15) is 0 Å². The van der Waals surface area contributed by atoms with Crippen LogP contribution in [0.3, 0.4) is 0 Å². The van der Waals surface area contributed by atoms with Crippen molar-refractivity contribution in [2.45, 2.75) is 0 Å². The molecule has 2 aliphatic rings. The zero-order valence-corrected chi connectivity index (χ0v) is 23.5. The third-order valence-corrected chi connectivity index (χ3v) is 7.38. The third-order valence-electron chi connectivity index (χ3n) is 5.73. The number of hydrogen-bond acceptors (Lipinski definition) is 9. The van der Waals surface area contributed by atoms with Crippen LogP contribution in [0.4, 0.5) is 5.69 Å². The van der Waals surface area contributed by atoms with Crippen LogP contribution in [0.15, 0.2) is 50.8 Å². The Bertz CT molecular complexity index is 1310. The largest absolute Gasteiger partial charge is 0.493 e. The third kappa shape index (κ3) is 6.37. The zero-order valence-electron chi connectivity index (χ0n) is 21.1. The second-order valence-electron chi connectivity index (χ2n) is 8.22. The number of esters is 1. The number of carbonyl (C=O) groups excluding carboxylic acids is 3. The number of amidine groups is 1. The number of morpholine rings is 1. The molecule has 2 amide bonds. The highest BCUT2D eigenvalue weighted by molar-refractivity contribution is 9.10. The molecule has 0 aromatic heterocycles. The molecule has 0 N–H and O–H groups in total. The van der Waals surface area contributed by atoms with Gasteiger partial charge in [0.15, 0.2) is 23.3 Å². The average Bonchev–Trinajstić information content (AvgIpc) is 3.19. The Morgan fingerprint density at radius 2 is 1.95 bits per heavy atom. The lowest BCUT2D eigenvalue weighted by atomic mass is 10.1. The van der Waals surface area contributed by atoms with E-state index in [1.165, 1.54) is 30.9 Å². The normalized spacial score (nSPS) is 17.7. The van der Waals surface area contributed by atoms with Gasteiger partial charge in [-0.1, -0.05) is 6.07 Å². The molecule has 38 heavy (non-hydrogen) atoms. The first-order valence-electron chi connectivity index (χ1n) is 11.6. The molecule has 2 aliphatic heterocycles. The van der Waals surface area contributed by atoms with E-state index in [2.05, 4.69) is 25.7 Å². The second kappa shape index (κ2) is 12.5. The SMILES string of the molecule is COC(=O)COc1c(Br)cc(/C=C2/SC(=Nc3cccc(C(=O)N4CCOCC4)c3)N(C)C2=O)cc1OC. The van der Waals surface area contributed by atoms with Crippen molar-refractivity contribution in [2.75, 3.05) is 54.2 Å². The monoisotopic (exact) mass is 603 g/mol. The van der Waals surface area contributed by atoms with E-state index in [4.69, 9.17) is 14.2 Å². The fourth-order valence-corrected chi connectivity index (χ4v) is 5.29. The second-order valence-corrected chi connectivity index (χ2v) is 10.1. The van der Waals surface area contributed by atoms with Crippen molar-refractivity contribution in [3.63, 3.8) is 0 Å². The highest BCUT2D eigenvalue weighted by atomic mass is 79.9. The molecule has 0 radical (unpaired) electrons. The van der Waals surface area contributed by atoms with Crippen molar-refractivity contribution in [1.82, 2.24) is 9.80 Å². The number of hydrogen-bond donors (Lipinski definition) is 0. The molecule has 2 fully saturated rings. The molecule has 0 unspecified atom stereocenters. The quantitative estimate of drug-likeness (QED) is 0.348. The standard InChI is InChI=1S/C26H26BrN3O7S/c1-29-25(33)21(13-16-11-19(27)23(20(12-16)34-2)37-15-22(31)35-3)38-26(29)28-18-6-4-5-17(14-18)24(32)30-7-9-36-10-8-30/h4-6,11-14H,7-10,15H2,1-3H3/b21-13+,28-26?. The van der Waals surface area contributed by atoms with E-state index in [0.29, 0.717) is 69.2 Å². The molecule has 0 atom stereocenters. The van der Waals surface area contributed by atoms with Crippen LogP contribution in [0, 0.1) is 0 Å². The Morgan fingerprint density at radius 3 is 2.66 bits per heavy atom. The number of aliphatic imine (C=N–C) groups is 1. The summed E-state index contributed by atoms with van der Waals surface area (Å²) < 4.78 is 21.4. The minimum Gasteiger partial charge on any atom is -0.493 e. The number of rotatable bonds is 7. The molecule has 0 aliphatic carbocycles. The summed E-state index contributed by atoms with van der Waals surface area (Å²) in [4.78, 5) is 45.6. The molecule has 2 aromatic carbocycles. The number of methoxy groups -OCH3 is 2. The van der Waals surface area contributed by atoms with Gasteiger partial charge in [0.25, 0.3) is 11.8 Å². The molecule has 2 aromatic rings. The van der Waals surface area contributed by atoms with Gasteiger partial charge >= 0.3 is 5.97 Å². The summed E-state index contributed by atoms with van der Waals surface area (Å²) in [6.07, 6.45) is 1.72. The highest BCUT2D eigenvalue weighted by Gasteiger charge is 2.31. The van der Waals surface area contributed by atoms with Gasteiger partial charge in [-0.25, -0.2) is 9.79 Å². The average molecular weight is 604 g/mol. The number of ether oxygens (including phenoxy) is 4. The van der Waals surface area contributed by atoms with Crippen LogP contribution >= 0.6 is 27.7 Å². The molecule has 12 heteroatoms. The van der Waals surface area contributed by atoms with Gasteiger partial charge in [0, 0.05) is 25.7 Å². The van der Waals surface area contributed by atoms with Crippen molar-refractivity contribution in [3.8, 4) is 11.5 Å². The summed E-state index contributed by atoms with van der Waals surface area (Å²) >= 11 is 4.67. The molecule has 4 rings (SSSR count). The Balaban J connectivity index is 1.54. The predicted octanol–water partition coefficient (Wildman–Crippen LogP) is 3.72. The van der Waals surface area contributed by atoms with E-state index in [1.54, 1.807) is 54.4 Å². The van der Waals surface area contributed by atoms with Crippen molar-refractivity contribution in [1.29, 1.82) is 0 Å². The maximum atomic E-state index is 13.0. The van der Waals surface area contributed by atoms with E-state index >= 15 is 0 Å². The van der Waals surface area contributed by atoms with Crippen LogP contribution in [-0.2, 0) is 19.1 Å². The molecular formula is C26H26BrN3O7S. The molecule has 2 heterocycles. The summed E-state index contributed by atoms with van der Waals surface area (Å²) in [6, 6.07) is 10.5. The summed E-state index contributed by atoms with van der Waals surface area (Å²) in [7, 11) is 4.41. The maximum absolute atomic E-state index is 13.0. The number of nitrogens with zero attached hydrogens (tertiary/aromatic N) is 3. The molecule has 10 nitrogen and oxygen atoms in total. The van der Waals surface area contributed by atoms with Crippen LogP contribution in [0.5, 0.6) is 11.5 Å². The first-order valence-corrected chi connectivity index (χ1v) is 13.2. The summed E-state index contributed by atoms with van der Waals surface area (Å²) in [5.74, 6) is -0.0803. The van der Waals surface area contributed by atoms with Crippen molar-refractivity contribution in [3.05, 3.63) is 56.9 Å². The highest BCUT2D eigenvalue weighted by Crippen LogP contribution is 2.39. The van der Waals surface area contributed by atoms with Gasteiger partial charge in [0.2, 0.25) is 0 Å². The van der Waals surface area contributed by atoms with Gasteiger partial charge < -0.3 is 23.8 Å². The number of amides is 2. The van der Waals surface area contributed by atoms with E-state index in [-0.39, 0.29) is 18.4 Å². The molecule has 0 spiro atoms. The molecule has 2 saturated heterocycles. The zero-order chi connectivity index (χ0) is 27.2. The fraction of sp³-hybridized carbons (Fsp3) is 0.308. The van der Waals surface area contributed by atoms with Crippen LogP contribution in [0.1, 0.15) is 15.9 Å². The van der Waals surface area contributed by atoms with Gasteiger partial charge in [-0.3, -0.25) is 14.5 Å². The molecule has 0 bridgehead atoms. The van der Waals surface area contributed by atoms with Crippen LogP contribution in [0.25, 0.3) is 6.08 Å². The number of carbonyl (C=O) groups is 3. The van der Waals surface area contributed by atoms with Gasteiger partial charge in [0.05, 0.1) is 42.5 Å².